The van der Waals surface area contributed by atoms with Crippen LogP contribution in [0.2, 0.25) is 0 Å². The van der Waals surface area contributed by atoms with Gasteiger partial charge in [0.15, 0.2) is 11.5 Å². The second-order valence-electron chi connectivity index (χ2n) is 5.58. The van der Waals surface area contributed by atoms with E-state index in [0.717, 1.165) is 31.5 Å². The summed E-state index contributed by atoms with van der Waals surface area (Å²) >= 11 is 0. The van der Waals surface area contributed by atoms with Gasteiger partial charge in [0.05, 0.1) is 20.8 Å². The lowest BCUT2D eigenvalue weighted by atomic mass is 10.1. The Balaban J connectivity index is 0.00000264. The Hall–Kier alpha value is -1.50. The first-order valence-corrected chi connectivity index (χ1v) is 7.58. The summed E-state index contributed by atoms with van der Waals surface area (Å²) in [6.07, 6.45) is 1.92. The number of ether oxygens (including phenoxy) is 2. The third-order valence-corrected chi connectivity index (χ3v) is 3.94. The lowest BCUT2D eigenvalue weighted by molar-refractivity contribution is -0.122. The van der Waals surface area contributed by atoms with Gasteiger partial charge in [0, 0.05) is 25.7 Å². The van der Waals surface area contributed by atoms with Gasteiger partial charge in [-0.05, 0) is 30.5 Å². The lowest BCUT2D eigenvalue weighted by Gasteiger charge is -2.29. The van der Waals surface area contributed by atoms with E-state index in [2.05, 4.69) is 10.2 Å². The number of nitrogens with one attached hydrogen (secondary N) is 1. The van der Waals surface area contributed by atoms with E-state index in [1.54, 1.807) is 14.2 Å². The number of carbonyl (C=O) groups excluding carboxylic acids is 1. The van der Waals surface area contributed by atoms with Gasteiger partial charge in [-0.2, -0.15) is 0 Å². The summed E-state index contributed by atoms with van der Waals surface area (Å²) in [4.78, 5) is 14.1. The third-order valence-electron chi connectivity index (χ3n) is 3.94. The van der Waals surface area contributed by atoms with Gasteiger partial charge in [0.25, 0.3) is 0 Å². The van der Waals surface area contributed by atoms with Crippen LogP contribution in [0.15, 0.2) is 18.2 Å². The zero-order valence-electron chi connectivity index (χ0n) is 13.7. The third kappa shape index (κ3) is 5.89. The van der Waals surface area contributed by atoms with E-state index in [1.807, 2.05) is 18.2 Å². The molecular formula is C16H26ClN3O3. The van der Waals surface area contributed by atoms with Gasteiger partial charge in [-0.25, -0.2) is 0 Å². The minimum atomic E-state index is 0. The number of nitrogens with two attached hydrogens (primary N) is 1. The van der Waals surface area contributed by atoms with Crippen LogP contribution in [0.4, 0.5) is 0 Å². The fraction of sp³-hybridized carbons (Fsp3) is 0.562. The fourth-order valence-corrected chi connectivity index (χ4v) is 2.56. The summed E-state index contributed by atoms with van der Waals surface area (Å²) in [7, 11) is 3.20. The monoisotopic (exact) mass is 343 g/mol. The minimum Gasteiger partial charge on any atom is -0.493 e. The van der Waals surface area contributed by atoms with Crippen molar-refractivity contribution in [3.63, 3.8) is 0 Å². The summed E-state index contributed by atoms with van der Waals surface area (Å²) in [5.41, 5.74) is 6.84. The first-order valence-electron chi connectivity index (χ1n) is 7.58. The molecule has 0 atom stereocenters. The number of hydrogen-bond donors (Lipinski definition) is 2. The molecule has 0 aromatic heterocycles. The van der Waals surface area contributed by atoms with E-state index < -0.39 is 0 Å². The normalized spacial score (nSPS) is 15.6. The van der Waals surface area contributed by atoms with Crippen LogP contribution in [0.3, 0.4) is 0 Å². The zero-order valence-corrected chi connectivity index (χ0v) is 14.5. The van der Waals surface area contributed by atoms with Gasteiger partial charge in [-0.1, -0.05) is 6.07 Å². The molecule has 6 nitrogen and oxygen atoms in total. The number of carbonyl (C=O) groups is 1. The summed E-state index contributed by atoms with van der Waals surface area (Å²) in [5, 5.41) is 2.94. The molecule has 1 aliphatic rings. The Morgan fingerprint density at radius 2 is 1.91 bits per heavy atom. The number of rotatable bonds is 6. The molecule has 0 radical (unpaired) electrons. The Bertz CT molecular complexity index is 505. The molecule has 1 heterocycles. The van der Waals surface area contributed by atoms with Crippen LogP contribution in [-0.4, -0.2) is 50.7 Å². The van der Waals surface area contributed by atoms with Crippen molar-refractivity contribution >= 4 is 18.3 Å². The number of nitrogens with zero attached hydrogens (tertiary/aromatic N) is 1. The number of piperidine rings is 1. The molecule has 130 valence electrons. The highest BCUT2D eigenvalue weighted by molar-refractivity contribution is 5.85. The van der Waals surface area contributed by atoms with Gasteiger partial charge in [0.1, 0.15) is 0 Å². The Labute approximate surface area is 143 Å². The minimum absolute atomic E-state index is 0. The maximum Gasteiger partial charge on any atom is 0.234 e. The molecule has 1 saturated heterocycles. The quantitative estimate of drug-likeness (QED) is 0.810. The maximum absolute atomic E-state index is 12.0. The van der Waals surface area contributed by atoms with Crippen LogP contribution in [0.25, 0.3) is 0 Å². The molecule has 1 fully saturated rings. The predicted molar refractivity (Wildman–Crippen MR) is 92.3 cm³/mol. The molecule has 3 N–H and O–H groups in total. The average molecular weight is 344 g/mol. The van der Waals surface area contributed by atoms with Crippen LogP contribution in [0, 0.1) is 0 Å². The standard InChI is InChI=1S/C16H25N3O3.ClH/c1-21-14-4-3-12(9-15(14)22-2)10-18-16(20)11-19-7-5-13(17)6-8-19;/h3-4,9,13H,5-8,10-11,17H2,1-2H3,(H,18,20);1H. The molecule has 7 heteroatoms. The summed E-state index contributed by atoms with van der Waals surface area (Å²) in [5.74, 6) is 1.38. The van der Waals surface area contributed by atoms with Crippen molar-refractivity contribution in [2.75, 3.05) is 33.9 Å². The Kier molecular flexibility index (Phi) is 8.16. The van der Waals surface area contributed by atoms with Crippen molar-refractivity contribution in [3.05, 3.63) is 23.8 Å². The van der Waals surface area contributed by atoms with Crippen molar-refractivity contribution in [2.24, 2.45) is 5.73 Å². The highest BCUT2D eigenvalue weighted by Gasteiger charge is 2.18. The first-order chi connectivity index (χ1) is 10.6. The van der Waals surface area contributed by atoms with E-state index in [-0.39, 0.29) is 24.4 Å². The number of amides is 1. The first kappa shape index (κ1) is 19.5. The van der Waals surface area contributed by atoms with Crippen LogP contribution in [0.5, 0.6) is 11.5 Å². The summed E-state index contributed by atoms with van der Waals surface area (Å²) < 4.78 is 10.5. The second-order valence-corrected chi connectivity index (χ2v) is 5.58. The fourth-order valence-electron chi connectivity index (χ4n) is 2.56. The summed E-state index contributed by atoms with van der Waals surface area (Å²) in [6, 6.07) is 5.92. The molecule has 0 saturated carbocycles. The molecule has 1 aliphatic heterocycles. The SMILES string of the molecule is COc1ccc(CNC(=O)CN2CCC(N)CC2)cc1OC.Cl. The largest absolute Gasteiger partial charge is 0.493 e. The molecular weight excluding hydrogens is 318 g/mol. The van der Waals surface area contributed by atoms with Gasteiger partial charge < -0.3 is 20.5 Å². The number of halogens is 1. The second kappa shape index (κ2) is 9.60. The average Bonchev–Trinajstić information content (AvgIpc) is 2.54. The Morgan fingerprint density at radius 1 is 1.26 bits per heavy atom. The van der Waals surface area contributed by atoms with E-state index in [0.29, 0.717) is 24.6 Å². The van der Waals surface area contributed by atoms with Crippen molar-refractivity contribution in [2.45, 2.75) is 25.4 Å². The van der Waals surface area contributed by atoms with E-state index in [1.165, 1.54) is 0 Å². The molecule has 1 amide bonds. The molecule has 0 aliphatic carbocycles. The number of methoxy groups -OCH3 is 2. The molecule has 0 spiro atoms. The summed E-state index contributed by atoms with van der Waals surface area (Å²) in [6.45, 7) is 2.70. The molecule has 23 heavy (non-hydrogen) atoms. The van der Waals surface area contributed by atoms with Gasteiger partial charge in [-0.3, -0.25) is 9.69 Å². The van der Waals surface area contributed by atoms with Crippen molar-refractivity contribution in [1.29, 1.82) is 0 Å². The Morgan fingerprint density at radius 3 is 2.52 bits per heavy atom. The molecule has 1 aromatic carbocycles. The number of likely N-dealkylation sites (tertiary alicyclic amines) is 1. The van der Waals surface area contributed by atoms with Gasteiger partial charge >= 0.3 is 0 Å². The topological polar surface area (TPSA) is 76.8 Å². The van der Waals surface area contributed by atoms with Crippen LogP contribution in [-0.2, 0) is 11.3 Å². The highest BCUT2D eigenvalue weighted by atomic mass is 35.5. The number of hydrogen-bond acceptors (Lipinski definition) is 5. The van der Waals surface area contributed by atoms with Crippen molar-refractivity contribution < 1.29 is 14.3 Å². The van der Waals surface area contributed by atoms with Gasteiger partial charge in [-0.15, -0.1) is 12.4 Å². The predicted octanol–water partition coefficient (Wildman–Crippen LogP) is 1.16. The van der Waals surface area contributed by atoms with Crippen molar-refractivity contribution in [1.82, 2.24) is 10.2 Å². The van der Waals surface area contributed by atoms with E-state index in [9.17, 15) is 4.79 Å². The zero-order chi connectivity index (χ0) is 15.9. The number of benzene rings is 1. The van der Waals surface area contributed by atoms with E-state index in [4.69, 9.17) is 15.2 Å². The molecule has 0 bridgehead atoms. The van der Waals surface area contributed by atoms with Crippen molar-refractivity contribution in [3.8, 4) is 11.5 Å². The lowest BCUT2D eigenvalue weighted by Crippen LogP contribution is -2.44. The molecule has 1 aromatic rings. The molecule has 2 rings (SSSR count). The smallest absolute Gasteiger partial charge is 0.234 e. The van der Waals surface area contributed by atoms with Crippen LogP contribution < -0.4 is 20.5 Å². The van der Waals surface area contributed by atoms with Crippen LogP contribution >= 0.6 is 12.4 Å². The maximum atomic E-state index is 12.0. The van der Waals surface area contributed by atoms with E-state index >= 15 is 0 Å². The van der Waals surface area contributed by atoms with Gasteiger partial charge in [0.2, 0.25) is 5.91 Å². The molecule has 0 unspecified atom stereocenters. The highest BCUT2D eigenvalue weighted by Crippen LogP contribution is 2.27. The van der Waals surface area contributed by atoms with Crippen LogP contribution in [0.1, 0.15) is 18.4 Å².